The van der Waals surface area contributed by atoms with Crippen molar-refractivity contribution in [3.63, 3.8) is 0 Å². The zero-order chi connectivity index (χ0) is 16.2. The van der Waals surface area contributed by atoms with Crippen molar-refractivity contribution < 1.29 is 13.5 Å². The number of hydrogen-bond acceptors (Lipinski definition) is 3. The Morgan fingerprint density at radius 2 is 1.86 bits per heavy atom. The van der Waals surface area contributed by atoms with Gasteiger partial charge in [-0.1, -0.05) is 52.9 Å². The molecule has 1 saturated carbocycles. The van der Waals surface area contributed by atoms with Gasteiger partial charge in [0.25, 0.3) is 0 Å². The summed E-state index contributed by atoms with van der Waals surface area (Å²) in [5, 5.41) is 10.6. The summed E-state index contributed by atoms with van der Waals surface area (Å²) in [5.41, 5.74) is 1.02. The average molecular weight is 387 g/mol. The molecule has 1 atom stereocenters. The molecule has 1 unspecified atom stereocenters. The molecule has 3 nitrogen and oxygen atoms in total. The van der Waals surface area contributed by atoms with Gasteiger partial charge in [-0.2, -0.15) is 0 Å². The summed E-state index contributed by atoms with van der Waals surface area (Å²) in [6.07, 6.45) is 6.22. The molecular formula is C17H23BrO3S. The first-order valence-corrected chi connectivity index (χ1v) is 10.3. The molecule has 5 heteroatoms. The molecule has 22 heavy (non-hydrogen) atoms. The van der Waals surface area contributed by atoms with E-state index in [0.717, 1.165) is 31.2 Å². The first kappa shape index (κ1) is 17.7. The van der Waals surface area contributed by atoms with Gasteiger partial charge in [0.2, 0.25) is 9.84 Å². The minimum Gasteiger partial charge on any atom is -0.389 e. The SMILES string of the molecule is Cc1ccc(S(=O)(=O)/C(=C/C(O)C2CCCCC2)CBr)cc1. The van der Waals surface area contributed by atoms with E-state index >= 15 is 0 Å². The fourth-order valence-corrected chi connectivity index (χ4v) is 5.23. The van der Waals surface area contributed by atoms with Gasteiger partial charge in [-0.15, -0.1) is 0 Å². The number of halogens is 1. The number of aliphatic hydroxyl groups excluding tert-OH is 1. The normalized spacial score (nSPS) is 19.1. The minimum atomic E-state index is -3.55. The highest BCUT2D eigenvalue weighted by Crippen LogP contribution is 2.29. The Morgan fingerprint density at radius 1 is 1.27 bits per heavy atom. The zero-order valence-corrected chi connectivity index (χ0v) is 15.2. The third kappa shape index (κ3) is 4.21. The second-order valence-corrected chi connectivity index (χ2v) is 8.54. The molecule has 1 aromatic carbocycles. The lowest BCUT2D eigenvalue weighted by atomic mass is 9.85. The number of allylic oxidation sites excluding steroid dienone is 1. The lowest BCUT2D eigenvalue weighted by Gasteiger charge is -2.25. The Bertz CT molecular complexity index is 614. The maximum Gasteiger partial charge on any atom is 0.203 e. The number of hydrogen-bond donors (Lipinski definition) is 1. The van der Waals surface area contributed by atoms with Crippen molar-refractivity contribution in [2.75, 3.05) is 5.33 Å². The Labute approximate surface area is 141 Å². The molecular weight excluding hydrogens is 364 g/mol. The van der Waals surface area contributed by atoms with Gasteiger partial charge in [-0.3, -0.25) is 0 Å². The van der Waals surface area contributed by atoms with Crippen molar-refractivity contribution in [2.45, 2.75) is 50.0 Å². The molecule has 1 aliphatic carbocycles. The van der Waals surface area contributed by atoms with Crippen LogP contribution < -0.4 is 0 Å². The van der Waals surface area contributed by atoms with Crippen LogP contribution in [0.4, 0.5) is 0 Å². The van der Waals surface area contributed by atoms with Gasteiger partial charge < -0.3 is 5.11 Å². The highest BCUT2D eigenvalue weighted by atomic mass is 79.9. The number of aryl methyl sites for hydroxylation is 1. The van der Waals surface area contributed by atoms with Crippen molar-refractivity contribution in [3.8, 4) is 0 Å². The molecule has 0 amide bonds. The van der Waals surface area contributed by atoms with Crippen LogP contribution in [0.2, 0.25) is 0 Å². The summed E-state index contributed by atoms with van der Waals surface area (Å²) >= 11 is 3.26. The summed E-state index contributed by atoms with van der Waals surface area (Å²) in [6.45, 7) is 1.92. The van der Waals surface area contributed by atoms with Crippen LogP contribution in [0.3, 0.4) is 0 Å². The van der Waals surface area contributed by atoms with Crippen LogP contribution in [0.15, 0.2) is 40.1 Å². The van der Waals surface area contributed by atoms with E-state index in [1.165, 1.54) is 12.5 Å². The second-order valence-electron chi connectivity index (χ2n) is 5.97. The Morgan fingerprint density at radius 3 is 2.41 bits per heavy atom. The molecule has 0 aromatic heterocycles. The van der Waals surface area contributed by atoms with Gasteiger partial charge in [-0.05, 0) is 43.9 Å². The fraction of sp³-hybridized carbons (Fsp3) is 0.529. The van der Waals surface area contributed by atoms with Crippen LogP contribution in [-0.4, -0.2) is 25.0 Å². The van der Waals surface area contributed by atoms with Crippen LogP contribution in [-0.2, 0) is 9.84 Å². The first-order valence-electron chi connectivity index (χ1n) is 7.71. The summed E-state index contributed by atoms with van der Waals surface area (Å²) in [5.74, 6) is 0.177. The highest BCUT2D eigenvalue weighted by Gasteiger charge is 2.25. The first-order chi connectivity index (χ1) is 10.4. The molecule has 2 rings (SSSR count). The lowest BCUT2D eigenvalue weighted by molar-refractivity contribution is 0.125. The van der Waals surface area contributed by atoms with Gasteiger partial charge in [-0.25, -0.2) is 8.42 Å². The van der Waals surface area contributed by atoms with E-state index in [1.54, 1.807) is 24.3 Å². The molecule has 1 fully saturated rings. The molecule has 0 radical (unpaired) electrons. The number of rotatable bonds is 5. The predicted molar refractivity (Wildman–Crippen MR) is 92.8 cm³/mol. The van der Waals surface area contributed by atoms with Gasteiger partial charge in [0.15, 0.2) is 0 Å². The van der Waals surface area contributed by atoms with E-state index in [0.29, 0.717) is 0 Å². The van der Waals surface area contributed by atoms with Crippen molar-refractivity contribution >= 4 is 25.8 Å². The molecule has 1 N–H and O–H groups in total. The van der Waals surface area contributed by atoms with Crippen LogP contribution in [0.5, 0.6) is 0 Å². The molecule has 0 spiro atoms. The Balaban J connectivity index is 2.25. The predicted octanol–water partition coefficient (Wildman–Crippen LogP) is 3.99. The van der Waals surface area contributed by atoms with Gasteiger partial charge in [0.1, 0.15) is 0 Å². The summed E-state index contributed by atoms with van der Waals surface area (Å²) in [7, 11) is -3.55. The molecule has 1 aromatic rings. The smallest absolute Gasteiger partial charge is 0.203 e. The third-order valence-electron chi connectivity index (χ3n) is 4.30. The van der Waals surface area contributed by atoms with Crippen molar-refractivity contribution in [1.29, 1.82) is 0 Å². The molecule has 122 valence electrons. The lowest BCUT2D eigenvalue weighted by Crippen LogP contribution is -2.22. The van der Waals surface area contributed by atoms with Crippen LogP contribution in [0.1, 0.15) is 37.7 Å². The van der Waals surface area contributed by atoms with Gasteiger partial charge in [0, 0.05) is 5.33 Å². The van der Waals surface area contributed by atoms with Crippen molar-refractivity contribution in [3.05, 3.63) is 40.8 Å². The maximum atomic E-state index is 12.7. The third-order valence-corrected chi connectivity index (χ3v) is 7.14. The monoisotopic (exact) mass is 386 g/mol. The highest BCUT2D eigenvalue weighted by molar-refractivity contribution is 9.09. The fourth-order valence-electron chi connectivity index (χ4n) is 2.88. The van der Waals surface area contributed by atoms with Crippen molar-refractivity contribution in [1.82, 2.24) is 0 Å². The topological polar surface area (TPSA) is 54.4 Å². The zero-order valence-electron chi connectivity index (χ0n) is 12.8. The van der Waals surface area contributed by atoms with E-state index in [4.69, 9.17) is 0 Å². The maximum absolute atomic E-state index is 12.7. The van der Waals surface area contributed by atoms with E-state index in [-0.39, 0.29) is 21.0 Å². The van der Waals surface area contributed by atoms with E-state index in [9.17, 15) is 13.5 Å². The Kier molecular flexibility index (Phi) is 6.24. The van der Waals surface area contributed by atoms with Gasteiger partial charge >= 0.3 is 0 Å². The summed E-state index contributed by atoms with van der Waals surface area (Å²) in [6, 6.07) is 6.81. The van der Waals surface area contributed by atoms with Crippen LogP contribution >= 0.6 is 15.9 Å². The number of benzene rings is 1. The van der Waals surface area contributed by atoms with Crippen LogP contribution in [0, 0.1) is 12.8 Å². The number of alkyl halides is 1. The van der Waals surface area contributed by atoms with E-state index in [1.807, 2.05) is 6.92 Å². The van der Waals surface area contributed by atoms with Crippen LogP contribution in [0.25, 0.3) is 0 Å². The molecule has 1 aliphatic rings. The summed E-state index contributed by atoms with van der Waals surface area (Å²) in [4.78, 5) is 0.522. The van der Waals surface area contributed by atoms with Gasteiger partial charge in [0.05, 0.1) is 15.9 Å². The molecule has 0 bridgehead atoms. The number of sulfone groups is 1. The molecule has 0 heterocycles. The quantitative estimate of drug-likeness (QED) is 0.778. The van der Waals surface area contributed by atoms with E-state index in [2.05, 4.69) is 15.9 Å². The molecule has 0 saturated heterocycles. The number of aliphatic hydroxyl groups is 1. The largest absolute Gasteiger partial charge is 0.389 e. The molecule has 0 aliphatic heterocycles. The minimum absolute atomic E-state index is 0.177. The average Bonchev–Trinajstić information content (AvgIpc) is 2.53. The summed E-state index contributed by atoms with van der Waals surface area (Å²) < 4.78 is 25.4. The second kappa shape index (κ2) is 7.75. The van der Waals surface area contributed by atoms with Crippen molar-refractivity contribution in [2.24, 2.45) is 5.92 Å². The van der Waals surface area contributed by atoms with E-state index < -0.39 is 15.9 Å². The standard InChI is InChI=1S/C17H23BrO3S/c1-13-7-9-15(10-8-13)22(20,21)16(12-18)11-17(19)14-5-3-2-4-6-14/h7-11,14,17,19H,2-6,12H2,1H3/b16-11+. The Hall–Kier alpha value is -0.650.